The maximum Gasteiger partial charge on any atom is 0.319 e. The number of rotatable bonds is 8. The van der Waals surface area contributed by atoms with Gasteiger partial charge in [0.2, 0.25) is 0 Å². The van der Waals surface area contributed by atoms with Gasteiger partial charge in [0.25, 0.3) is 0 Å². The minimum absolute atomic E-state index is 0.0110. The minimum atomic E-state index is -0.541. The molecule has 1 aliphatic heterocycles. The summed E-state index contributed by atoms with van der Waals surface area (Å²) < 4.78 is 18.6. The lowest BCUT2D eigenvalue weighted by molar-refractivity contribution is 0.156. The highest BCUT2D eigenvalue weighted by Gasteiger charge is 2.43. The normalized spacial score (nSPS) is 17.9. The largest absolute Gasteiger partial charge is 0.331 e. The van der Waals surface area contributed by atoms with E-state index < -0.39 is 18.1 Å². The maximum atomic E-state index is 13.5. The molecule has 2 aliphatic rings. The van der Waals surface area contributed by atoms with Gasteiger partial charge >= 0.3 is 6.03 Å². The van der Waals surface area contributed by atoms with Crippen molar-refractivity contribution in [3.05, 3.63) is 29.7 Å². The van der Waals surface area contributed by atoms with Gasteiger partial charge in [-0.05, 0) is 61.6 Å². The molecular weight excluding hydrogens is 511 g/mol. The number of nitriles is 1. The van der Waals surface area contributed by atoms with E-state index in [9.17, 15) is 14.4 Å². The summed E-state index contributed by atoms with van der Waals surface area (Å²) in [5.41, 5.74) is 1.87. The van der Waals surface area contributed by atoms with Crippen LogP contribution in [0.1, 0.15) is 56.2 Å². The smallest absolute Gasteiger partial charge is 0.319 e. The van der Waals surface area contributed by atoms with Crippen molar-refractivity contribution in [3.63, 3.8) is 0 Å². The van der Waals surface area contributed by atoms with Gasteiger partial charge in [0.05, 0.1) is 34.5 Å². The molecule has 12 heteroatoms. The predicted octanol–water partition coefficient (Wildman–Crippen LogP) is 4.88. The van der Waals surface area contributed by atoms with Gasteiger partial charge < -0.3 is 9.80 Å². The third-order valence-corrected chi connectivity index (χ3v) is 8.93. The van der Waals surface area contributed by atoms with Crippen LogP contribution < -0.4 is 4.72 Å². The Kier molecular flexibility index (Phi) is 8.46. The molecule has 1 aliphatic carbocycles. The van der Waals surface area contributed by atoms with Crippen molar-refractivity contribution in [1.29, 1.82) is 16.1 Å². The number of pyridine rings is 1. The predicted molar refractivity (Wildman–Crippen MR) is 146 cm³/mol. The van der Waals surface area contributed by atoms with Crippen molar-refractivity contribution in [2.24, 2.45) is 5.92 Å². The summed E-state index contributed by atoms with van der Waals surface area (Å²) in [5, 5.41) is 26.5. The first-order chi connectivity index (χ1) is 17.7. The number of alkyl halides is 1. The van der Waals surface area contributed by atoms with E-state index in [1.165, 1.54) is 11.9 Å². The van der Waals surface area contributed by atoms with Gasteiger partial charge in [0.1, 0.15) is 17.4 Å². The van der Waals surface area contributed by atoms with E-state index in [-0.39, 0.29) is 22.0 Å². The lowest BCUT2D eigenvalue weighted by Gasteiger charge is -2.34. The monoisotopic (exact) mass is 544 g/mol. The summed E-state index contributed by atoms with van der Waals surface area (Å²) in [6.07, 6.45) is 7.27. The molecule has 2 aromatic heterocycles. The molecule has 0 spiro atoms. The number of likely N-dealkylation sites (tertiary alicyclic amines) is 1. The van der Waals surface area contributed by atoms with E-state index in [0.29, 0.717) is 25.2 Å². The summed E-state index contributed by atoms with van der Waals surface area (Å²) >= 11 is 2.37. The average Bonchev–Trinajstić information content (AvgIpc) is 3.56. The van der Waals surface area contributed by atoms with E-state index in [1.54, 1.807) is 25.2 Å². The fourth-order valence-electron chi connectivity index (χ4n) is 4.43. The van der Waals surface area contributed by atoms with Crippen molar-refractivity contribution in [1.82, 2.24) is 23.9 Å². The van der Waals surface area contributed by atoms with Crippen LogP contribution in [-0.2, 0) is 0 Å². The van der Waals surface area contributed by atoms with E-state index in [2.05, 4.69) is 21.8 Å². The van der Waals surface area contributed by atoms with Crippen LogP contribution in [0.2, 0.25) is 0 Å². The Morgan fingerprint density at radius 1 is 1.38 bits per heavy atom. The number of fused-ring (bicyclic) bond motifs is 1. The second kappa shape index (κ2) is 11.4. The topological polar surface area (TPSA) is 124 Å². The Labute approximate surface area is 225 Å². The fraction of sp³-hybridized carbons (Fsp3) is 0.560. The summed E-state index contributed by atoms with van der Waals surface area (Å²) in [6.45, 7) is 2.74. The van der Waals surface area contributed by atoms with Gasteiger partial charge in [0.15, 0.2) is 0 Å². The lowest BCUT2D eigenvalue weighted by atomic mass is 9.90. The number of hydrogen-bond acceptors (Lipinski definition) is 8. The number of nitrogens with one attached hydrogen (secondary N) is 3. The molecular formula is C25H33FN8OS2. The average molecular weight is 545 g/mol. The molecule has 4 rings (SSSR count). The second-order valence-electron chi connectivity index (χ2n) is 9.91. The van der Waals surface area contributed by atoms with E-state index in [4.69, 9.17) is 10.8 Å². The van der Waals surface area contributed by atoms with Gasteiger partial charge in [0, 0.05) is 38.3 Å². The number of aromatic nitrogens is 2. The number of carbonyl (C=O) groups is 1. The highest BCUT2D eigenvalue weighted by atomic mass is 32.2. The van der Waals surface area contributed by atoms with Crippen LogP contribution in [0.4, 0.5) is 9.18 Å². The third kappa shape index (κ3) is 5.94. The van der Waals surface area contributed by atoms with Crippen LogP contribution in [-0.4, -0.2) is 74.7 Å². The number of carbonyl (C=O) groups excluding carboxylic acids is 1. The minimum Gasteiger partial charge on any atom is -0.331 e. The van der Waals surface area contributed by atoms with Gasteiger partial charge in [-0.1, -0.05) is 18.7 Å². The first-order valence-corrected chi connectivity index (χ1v) is 14.1. The van der Waals surface area contributed by atoms with Crippen LogP contribution in [0.15, 0.2) is 23.4 Å². The highest BCUT2D eigenvalue weighted by molar-refractivity contribution is 8.26. The SMILES string of the molecule is CCC(C#N)C(=N)SC(=N)c1cnc2c(C3CCN(C(=O)N(C)C)CC3)cc(SNC3(CF)CC3)cn12. The number of halogens is 1. The summed E-state index contributed by atoms with van der Waals surface area (Å²) in [7, 11) is 3.52. The van der Waals surface area contributed by atoms with Crippen molar-refractivity contribution in [2.45, 2.75) is 55.4 Å². The van der Waals surface area contributed by atoms with Crippen molar-refractivity contribution in [2.75, 3.05) is 33.9 Å². The number of imidazole rings is 1. The molecule has 2 fully saturated rings. The van der Waals surface area contributed by atoms with Crippen molar-refractivity contribution >= 4 is 45.5 Å². The van der Waals surface area contributed by atoms with Crippen molar-refractivity contribution in [3.8, 4) is 6.07 Å². The van der Waals surface area contributed by atoms with Crippen LogP contribution in [0.25, 0.3) is 5.65 Å². The van der Waals surface area contributed by atoms with Crippen molar-refractivity contribution < 1.29 is 9.18 Å². The van der Waals surface area contributed by atoms with E-state index >= 15 is 0 Å². The molecule has 1 saturated heterocycles. The Balaban J connectivity index is 1.63. The number of thioether (sulfide) groups is 1. The van der Waals surface area contributed by atoms with Gasteiger partial charge in [-0.3, -0.25) is 19.9 Å². The molecule has 1 saturated carbocycles. The van der Waals surface area contributed by atoms with Crippen LogP contribution in [0, 0.1) is 28.1 Å². The molecule has 0 radical (unpaired) electrons. The zero-order valence-corrected chi connectivity index (χ0v) is 23.0. The zero-order valence-electron chi connectivity index (χ0n) is 21.4. The first-order valence-electron chi connectivity index (χ1n) is 12.4. The van der Waals surface area contributed by atoms with Gasteiger partial charge in [-0.2, -0.15) is 5.26 Å². The number of nitrogens with zero attached hydrogens (tertiary/aromatic N) is 5. The Bertz CT molecular complexity index is 1230. The van der Waals surface area contributed by atoms with E-state index in [0.717, 1.165) is 53.6 Å². The number of hydrogen-bond donors (Lipinski definition) is 3. The van der Waals surface area contributed by atoms with Crippen LogP contribution >= 0.6 is 23.7 Å². The lowest BCUT2D eigenvalue weighted by Crippen LogP contribution is -2.43. The fourth-order valence-corrected chi connectivity index (χ4v) is 6.20. The first kappa shape index (κ1) is 27.4. The molecule has 3 N–H and O–H groups in total. The molecule has 37 heavy (non-hydrogen) atoms. The Morgan fingerprint density at radius 3 is 2.65 bits per heavy atom. The Morgan fingerprint density at radius 2 is 2.08 bits per heavy atom. The van der Waals surface area contributed by atoms with E-state index in [1.807, 2.05) is 22.4 Å². The molecule has 2 amide bonds. The highest BCUT2D eigenvalue weighted by Crippen LogP contribution is 2.40. The van der Waals surface area contributed by atoms with Crippen LogP contribution in [0.3, 0.4) is 0 Å². The Hall–Kier alpha value is -2.62. The van der Waals surface area contributed by atoms with Crippen LogP contribution in [0.5, 0.6) is 0 Å². The number of piperidine rings is 1. The summed E-state index contributed by atoms with van der Waals surface area (Å²) in [4.78, 5) is 21.4. The van der Waals surface area contributed by atoms with Gasteiger partial charge in [-0.15, -0.1) is 0 Å². The zero-order chi connectivity index (χ0) is 26.7. The molecule has 3 heterocycles. The standard InChI is InChI=1S/C25H33FN8OS2/c1-4-16(12-27)21(28)36-22(29)20-13-30-23-19(17-5-9-33(10-6-17)24(35)32(2)3)11-18(14-34(20)23)37-31-25(15-26)7-8-25/h11,13-14,16-17,28-29,31H,4-10,15H2,1-3H3. The molecule has 2 aromatic rings. The quantitative estimate of drug-likeness (QED) is 0.247. The van der Waals surface area contributed by atoms with Gasteiger partial charge in [-0.25, -0.2) is 14.2 Å². The molecule has 0 bridgehead atoms. The molecule has 198 valence electrons. The summed E-state index contributed by atoms with van der Waals surface area (Å²) in [5.74, 6) is -0.357. The maximum absolute atomic E-state index is 13.5. The third-order valence-electron chi connectivity index (χ3n) is 7.02. The molecule has 9 nitrogen and oxygen atoms in total. The second-order valence-corrected chi connectivity index (χ2v) is 11.8. The molecule has 1 unspecified atom stereocenters. The number of urea groups is 1. The molecule has 0 aromatic carbocycles. The number of amides is 2. The summed E-state index contributed by atoms with van der Waals surface area (Å²) in [6, 6.07) is 4.23. The molecule has 1 atom stereocenters.